The minimum atomic E-state index is -0.0504. The van der Waals surface area contributed by atoms with Crippen LogP contribution in [-0.4, -0.2) is 50.9 Å². The zero-order chi connectivity index (χ0) is 15.9. The molecule has 2 N–H and O–H groups in total. The highest BCUT2D eigenvalue weighted by molar-refractivity contribution is 5.30. The van der Waals surface area contributed by atoms with E-state index in [9.17, 15) is 5.11 Å². The average Bonchev–Trinajstić information content (AvgIpc) is 2.51. The van der Waals surface area contributed by atoms with Crippen LogP contribution >= 0.6 is 0 Å². The van der Waals surface area contributed by atoms with Crippen molar-refractivity contribution in [3.63, 3.8) is 0 Å². The number of ether oxygens (including phenoxy) is 1. The molecule has 1 aromatic rings. The summed E-state index contributed by atoms with van der Waals surface area (Å²) in [6, 6.07) is 8.47. The molecule has 0 spiro atoms. The molecule has 0 aliphatic carbocycles. The zero-order valence-corrected chi connectivity index (χ0v) is 14.0. The van der Waals surface area contributed by atoms with E-state index in [4.69, 9.17) is 4.74 Å². The minimum absolute atomic E-state index is 0.0504. The number of nitrogens with zero attached hydrogens (tertiary/aromatic N) is 1. The molecule has 0 aliphatic heterocycles. The van der Waals surface area contributed by atoms with E-state index in [2.05, 4.69) is 50.3 Å². The van der Waals surface area contributed by atoms with Crippen LogP contribution in [0, 0.1) is 5.41 Å². The van der Waals surface area contributed by atoms with Crippen LogP contribution in [0.2, 0.25) is 0 Å². The third kappa shape index (κ3) is 5.30. The number of likely N-dealkylation sites (N-methyl/N-ethyl adjacent to an activating group) is 1. The van der Waals surface area contributed by atoms with Crippen molar-refractivity contribution in [3.05, 3.63) is 29.8 Å². The summed E-state index contributed by atoms with van der Waals surface area (Å²) in [6.07, 6.45) is 0.961. The third-order valence-electron chi connectivity index (χ3n) is 4.23. The molecule has 2 unspecified atom stereocenters. The predicted octanol–water partition coefficient (Wildman–Crippen LogP) is 2.30. The van der Waals surface area contributed by atoms with E-state index < -0.39 is 0 Å². The largest absolute Gasteiger partial charge is 0.497 e. The summed E-state index contributed by atoms with van der Waals surface area (Å²) in [6.45, 7) is 6.09. The van der Waals surface area contributed by atoms with Crippen molar-refractivity contribution in [3.8, 4) is 5.75 Å². The summed E-state index contributed by atoms with van der Waals surface area (Å²) in [5.41, 5.74) is 1.18. The van der Waals surface area contributed by atoms with Crippen LogP contribution in [0.4, 0.5) is 0 Å². The lowest BCUT2D eigenvalue weighted by Crippen LogP contribution is -2.38. The smallest absolute Gasteiger partial charge is 0.119 e. The third-order valence-corrected chi connectivity index (χ3v) is 4.23. The van der Waals surface area contributed by atoms with Gasteiger partial charge in [-0.2, -0.15) is 0 Å². The maximum absolute atomic E-state index is 9.48. The highest BCUT2D eigenvalue weighted by Gasteiger charge is 2.22. The number of aliphatic hydroxyl groups is 1. The second-order valence-electron chi connectivity index (χ2n) is 6.21. The topological polar surface area (TPSA) is 44.7 Å². The Bertz CT molecular complexity index is 417. The molecule has 0 radical (unpaired) electrons. The van der Waals surface area contributed by atoms with Gasteiger partial charge in [0.25, 0.3) is 0 Å². The van der Waals surface area contributed by atoms with Gasteiger partial charge >= 0.3 is 0 Å². The quantitative estimate of drug-likeness (QED) is 0.733. The van der Waals surface area contributed by atoms with Gasteiger partial charge in [0.1, 0.15) is 5.75 Å². The van der Waals surface area contributed by atoms with Crippen molar-refractivity contribution in [2.75, 3.05) is 40.9 Å². The number of nitrogens with one attached hydrogen (secondary N) is 1. The summed E-state index contributed by atoms with van der Waals surface area (Å²) in [5.74, 6) is 0.883. The van der Waals surface area contributed by atoms with E-state index in [0.29, 0.717) is 0 Å². The standard InChI is InChI=1S/C17H30N2O2/c1-6-17(2,13-20)12-18-11-16(19(3)4)14-8-7-9-15(10-14)21-5/h7-10,16,18,20H,6,11-13H2,1-5H3. The molecule has 1 rings (SSSR count). The van der Waals surface area contributed by atoms with E-state index in [1.54, 1.807) is 7.11 Å². The van der Waals surface area contributed by atoms with Gasteiger partial charge < -0.3 is 20.1 Å². The molecular formula is C17H30N2O2. The number of aliphatic hydroxyl groups excluding tert-OH is 1. The molecule has 0 amide bonds. The van der Waals surface area contributed by atoms with Gasteiger partial charge in [-0.25, -0.2) is 0 Å². The van der Waals surface area contributed by atoms with Gasteiger partial charge in [0.2, 0.25) is 0 Å². The normalized spacial score (nSPS) is 15.8. The Hall–Kier alpha value is -1.10. The molecule has 0 aromatic heterocycles. The molecule has 4 nitrogen and oxygen atoms in total. The molecule has 0 heterocycles. The van der Waals surface area contributed by atoms with Crippen LogP contribution in [-0.2, 0) is 0 Å². The number of methoxy groups -OCH3 is 1. The maximum Gasteiger partial charge on any atom is 0.119 e. The fourth-order valence-electron chi connectivity index (χ4n) is 2.25. The Kier molecular flexibility index (Phi) is 7.15. The van der Waals surface area contributed by atoms with Crippen molar-refractivity contribution < 1.29 is 9.84 Å². The molecule has 0 saturated heterocycles. The van der Waals surface area contributed by atoms with Crippen LogP contribution in [0.5, 0.6) is 5.75 Å². The van der Waals surface area contributed by atoms with E-state index >= 15 is 0 Å². The monoisotopic (exact) mass is 294 g/mol. The fourth-order valence-corrected chi connectivity index (χ4v) is 2.25. The van der Waals surface area contributed by atoms with Gasteiger partial charge in [-0.05, 0) is 38.2 Å². The molecular weight excluding hydrogens is 264 g/mol. The van der Waals surface area contributed by atoms with E-state index in [1.807, 2.05) is 12.1 Å². The van der Waals surface area contributed by atoms with Crippen LogP contribution < -0.4 is 10.1 Å². The van der Waals surface area contributed by atoms with Crippen molar-refractivity contribution in [2.24, 2.45) is 5.41 Å². The van der Waals surface area contributed by atoms with Gasteiger partial charge in [-0.3, -0.25) is 0 Å². The maximum atomic E-state index is 9.48. The average molecular weight is 294 g/mol. The molecule has 0 bridgehead atoms. The molecule has 1 aromatic carbocycles. The zero-order valence-electron chi connectivity index (χ0n) is 14.0. The van der Waals surface area contributed by atoms with Crippen molar-refractivity contribution in [2.45, 2.75) is 26.3 Å². The van der Waals surface area contributed by atoms with Gasteiger partial charge in [0.05, 0.1) is 7.11 Å². The second kappa shape index (κ2) is 8.37. The molecule has 2 atom stereocenters. The first kappa shape index (κ1) is 18.0. The summed E-state index contributed by atoms with van der Waals surface area (Å²) in [4.78, 5) is 2.20. The number of benzene rings is 1. The van der Waals surface area contributed by atoms with Crippen molar-refractivity contribution in [1.82, 2.24) is 10.2 Å². The lowest BCUT2D eigenvalue weighted by atomic mass is 9.88. The highest BCUT2D eigenvalue weighted by atomic mass is 16.5. The number of rotatable bonds is 9. The first-order valence-corrected chi connectivity index (χ1v) is 7.57. The second-order valence-corrected chi connectivity index (χ2v) is 6.21. The molecule has 0 aliphatic rings. The lowest BCUT2D eigenvalue weighted by molar-refractivity contribution is 0.132. The summed E-state index contributed by atoms with van der Waals surface area (Å²) in [5, 5.41) is 13.0. The van der Waals surface area contributed by atoms with Gasteiger partial charge in [-0.1, -0.05) is 26.0 Å². The van der Waals surface area contributed by atoms with Crippen molar-refractivity contribution in [1.29, 1.82) is 0 Å². The first-order valence-electron chi connectivity index (χ1n) is 7.57. The van der Waals surface area contributed by atoms with E-state index in [1.165, 1.54) is 5.56 Å². The Morgan fingerprint density at radius 2 is 2.10 bits per heavy atom. The molecule has 21 heavy (non-hydrogen) atoms. The first-order chi connectivity index (χ1) is 9.95. The molecule has 0 saturated carbocycles. The number of hydrogen-bond acceptors (Lipinski definition) is 4. The summed E-state index contributed by atoms with van der Waals surface area (Å²) in [7, 11) is 5.85. The number of hydrogen-bond donors (Lipinski definition) is 2. The van der Waals surface area contributed by atoms with E-state index in [-0.39, 0.29) is 18.1 Å². The van der Waals surface area contributed by atoms with Crippen LogP contribution in [0.1, 0.15) is 31.9 Å². The minimum Gasteiger partial charge on any atom is -0.497 e. The van der Waals surface area contributed by atoms with Crippen LogP contribution in [0.3, 0.4) is 0 Å². The Morgan fingerprint density at radius 3 is 2.62 bits per heavy atom. The Labute approximate surface area is 129 Å². The molecule has 120 valence electrons. The van der Waals surface area contributed by atoms with Crippen molar-refractivity contribution >= 4 is 0 Å². The lowest BCUT2D eigenvalue weighted by Gasteiger charge is -2.30. The van der Waals surface area contributed by atoms with Gasteiger partial charge in [0.15, 0.2) is 0 Å². The summed E-state index contributed by atoms with van der Waals surface area (Å²) >= 11 is 0. The predicted molar refractivity (Wildman–Crippen MR) is 87.8 cm³/mol. The molecule has 0 fully saturated rings. The van der Waals surface area contributed by atoms with E-state index in [0.717, 1.165) is 25.3 Å². The van der Waals surface area contributed by atoms with Crippen LogP contribution in [0.15, 0.2) is 24.3 Å². The molecule has 4 heteroatoms. The Morgan fingerprint density at radius 1 is 1.38 bits per heavy atom. The highest BCUT2D eigenvalue weighted by Crippen LogP contribution is 2.23. The SMILES string of the molecule is CCC(C)(CO)CNCC(c1cccc(OC)c1)N(C)C. The van der Waals surface area contributed by atoms with Crippen LogP contribution in [0.25, 0.3) is 0 Å². The van der Waals surface area contributed by atoms with Gasteiger partial charge in [0, 0.05) is 31.2 Å². The Balaban J connectivity index is 2.70. The summed E-state index contributed by atoms with van der Waals surface area (Å²) < 4.78 is 5.31. The fraction of sp³-hybridized carbons (Fsp3) is 0.647. The van der Waals surface area contributed by atoms with Gasteiger partial charge in [-0.15, -0.1) is 0 Å².